The number of fused-ring (bicyclic) bond motifs is 1. The predicted octanol–water partition coefficient (Wildman–Crippen LogP) is 4.74. The number of carbonyl (C=O) groups is 3. The predicted molar refractivity (Wildman–Crippen MR) is 138 cm³/mol. The van der Waals surface area contributed by atoms with Crippen molar-refractivity contribution in [2.24, 2.45) is 0 Å². The van der Waals surface area contributed by atoms with E-state index in [2.05, 4.69) is 10.3 Å². The number of hydrogen-bond donors (Lipinski definition) is 3. The number of carbonyl (C=O) groups excluding carboxylic acids is 2. The van der Waals surface area contributed by atoms with Gasteiger partial charge in [0.25, 0.3) is 5.56 Å². The number of ether oxygens (including phenoxy) is 1. The molecule has 2 atom stereocenters. The first-order valence-electron chi connectivity index (χ1n) is 12.2. The Morgan fingerprint density at radius 1 is 0.950 bits per heavy atom. The highest BCUT2D eigenvalue weighted by molar-refractivity contribution is 6.02. The number of H-pyrrole nitrogens is 1. The lowest BCUT2D eigenvalue weighted by Gasteiger charge is -2.14. The second-order valence-electron chi connectivity index (χ2n) is 9.35. The number of aromatic nitrogens is 1. The van der Waals surface area contributed by atoms with Crippen molar-refractivity contribution in [3.8, 4) is 11.3 Å². The highest BCUT2D eigenvalue weighted by atomic mass is 19.4. The Balaban J connectivity index is 1.34. The number of pyridine rings is 1. The molecule has 0 bridgehead atoms. The number of nitrogens with one attached hydrogen (secondary N) is 2. The van der Waals surface area contributed by atoms with E-state index in [4.69, 9.17) is 4.74 Å². The second-order valence-corrected chi connectivity index (χ2v) is 9.35. The summed E-state index contributed by atoms with van der Waals surface area (Å²) in [4.78, 5) is 51.9. The van der Waals surface area contributed by atoms with E-state index in [1.54, 1.807) is 12.1 Å². The van der Waals surface area contributed by atoms with Gasteiger partial charge in [0.05, 0.1) is 28.7 Å². The molecule has 0 radical (unpaired) electrons. The Morgan fingerprint density at radius 2 is 1.65 bits per heavy atom. The molecule has 3 aromatic carbocycles. The summed E-state index contributed by atoms with van der Waals surface area (Å²) in [6.07, 6.45) is -4.36. The van der Waals surface area contributed by atoms with E-state index in [1.165, 1.54) is 54.6 Å². The number of aromatic carboxylic acids is 1. The SMILES string of the molecule is O=C(O)c1ccccc1C(=O)OCC1C[C@H](c2ccc3cc(-c4ccccc4C(F)(F)F)[nH]c(=O)c3c2)C(=O)N1. The van der Waals surface area contributed by atoms with Gasteiger partial charge in [-0.2, -0.15) is 13.2 Å². The second kappa shape index (κ2) is 10.3. The average Bonchev–Trinajstić information content (AvgIpc) is 3.31. The van der Waals surface area contributed by atoms with Crippen LogP contribution < -0.4 is 10.9 Å². The van der Waals surface area contributed by atoms with E-state index in [0.717, 1.165) is 6.07 Å². The summed E-state index contributed by atoms with van der Waals surface area (Å²) in [5.74, 6) is -3.12. The van der Waals surface area contributed by atoms with Gasteiger partial charge in [-0.05, 0) is 47.7 Å². The number of rotatable bonds is 6. The molecule has 0 saturated carbocycles. The standard InChI is InChI=1S/C29H21F3N2O6/c30-29(31,32)23-8-4-3-7-20(23)24-12-16-10-9-15(11-21(16)26(36)34-24)22-13-17(33-25(22)35)14-40-28(39)19-6-2-1-5-18(19)27(37)38/h1-12,17,22H,13-14H2,(H,33,35)(H,34,36)(H,37,38)/t17?,22-/m1/s1. The Hall–Kier alpha value is -4.93. The lowest BCUT2D eigenvalue weighted by atomic mass is 9.93. The lowest BCUT2D eigenvalue weighted by Crippen LogP contribution is -2.31. The van der Waals surface area contributed by atoms with Gasteiger partial charge in [-0.3, -0.25) is 9.59 Å². The van der Waals surface area contributed by atoms with E-state index >= 15 is 0 Å². The minimum absolute atomic E-state index is 0.0168. The number of hydrogen-bond acceptors (Lipinski definition) is 5. The quantitative estimate of drug-likeness (QED) is 0.298. The van der Waals surface area contributed by atoms with Gasteiger partial charge in [0.15, 0.2) is 0 Å². The van der Waals surface area contributed by atoms with Crippen LogP contribution in [0.15, 0.2) is 77.6 Å². The van der Waals surface area contributed by atoms with Gasteiger partial charge in [-0.25, -0.2) is 9.59 Å². The fourth-order valence-electron chi connectivity index (χ4n) is 4.86. The lowest BCUT2D eigenvalue weighted by molar-refractivity contribution is -0.137. The van der Waals surface area contributed by atoms with Gasteiger partial charge in [0.2, 0.25) is 5.91 Å². The van der Waals surface area contributed by atoms with Crippen LogP contribution in [0, 0.1) is 0 Å². The minimum Gasteiger partial charge on any atom is -0.478 e. The number of benzene rings is 3. The molecule has 204 valence electrons. The number of esters is 1. The molecule has 2 heterocycles. The molecule has 0 spiro atoms. The van der Waals surface area contributed by atoms with Crippen LogP contribution in [0.25, 0.3) is 22.0 Å². The number of alkyl halides is 3. The summed E-state index contributed by atoms with van der Waals surface area (Å²) in [7, 11) is 0. The first-order chi connectivity index (χ1) is 19.0. The molecule has 1 unspecified atom stereocenters. The maximum absolute atomic E-state index is 13.5. The summed E-state index contributed by atoms with van der Waals surface area (Å²) in [5, 5.41) is 12.6. The van der Waals surface area contributed by atoms with Crippen LogP contribution >= 0.6 is 0 Å². The number of amides is 1. The molecule has 1 aliphatic rings. The maximum atomic E-state index is 13.5. The molecule has 4 aromatic rings. The number of carboxylic acids is 1. The van der Waals surface area contributed by atoms with Crippen molar-refractivity contribution in [3.05, 3.63) is 105 Å². The van der Waals surface area contributed by atoms with Gasteiger partial charge in [-0.1, -0.05) is 42.5 Å². The average molecular weight is 550 g/mol. The summed E-state index contributed by atoms with van der Waals surface area (Å²) < 4.78 is 45.8. The van der Waals surface area contributed by atoms with E-state index in [0.29, 0.717) is 10.9 Å². The molecule has 1 amide bonds. The normalized spacial score (nSPS) is 17.0. The highest BCUT2D eigenvalue weighted by Crippen LogP contribution is 2.37. The molecule has 1 aliphatic heterocycles. The van der Waals surface area contributed by atoms with Gasteiger partial charge in [0.1, 0.15) is 6.61 Å². The first kappa shape index (κ1) is 26.7. The first-order valence-corrected chi connectivity index (χ1v) is 12.2. The van der Waals surface area contributed by atoms with Crippen LogP contribution in [-0.2, 0) is 15.7 Å². The van der Waals surface area contributed by atoms with Crippen LogP contribution in [0.2, 0.25) is 0 Å². The maximum Gasteiger partial charge on any atom is 0.417 e. The molecular weight excluding hydrogens is 529 g/mol. The third kappa shape index (κ3) is 5.18. The Morgan fingerprint density at radius 3 is 2.38 bits per heavy atom. The van der Waals surface area contributed by atoms with Crippen molar-refractivity contribution in [2.75, 3.05) is 6.61 Å². The summed E-state index contributed by atoms with van der Waals surface area (Å²) in [6, 6.07) is 16.2. The van der Waals surface area contributed by atoms with Gasteiger partial charge < -0.3 is 20.1 Å². The van der Waals surface area contributed by atoms with Crippen LogP contribution in [0.5, 0.6) is 0 Å². The smallest absolute Gasteiger partial charge is 0.417 e. The Bertz CT molecular complexity index is 1710. The fourth-order valence-corrected chi connectivity index (χ4v) is 4.86. The molecule has 1 aromatic heterocycles. The monoisotopic (exact) mass is 550 g/mol. The van der Waals surface area contributed by atoms with Crippen LogP contribution in [0.3, 0.4) is 0 Å². The van der Waals surface area contributed by atoms with E-state index in [9.17, 15) is 37.5 Å². The molecule has 8 nitrogen and oxygen atoms in total. The highest BCUT2D eigenvalue weighted by Gasteiger charge is 2.35. The molecule has 5 rings (SSSR count). The van der Waals surface area contributed by atoms with Crippen molar-refractivity contribution in [3.63, 3.8) is 0 Å². The third-order valence-electron chi connectivity index (χ3n) is 6.77. The molecule has 1 fully saturated rings. The topological polar surface area (TPSA) is 126 Å². The van der Waals surface area contributed by atoms with E-state index in [1.807, 2.05) is 0 Å². The zero-order valence-corrected chi connectivity index (χ0v) is 20.6. The van der Waals surface area contributed by atoms with Crippen molar-refractivity contribution in [2.45, 2.75) is 24.6 Å². The molecule has 1 saturated heterocycles. The number of aromatic amines is 1. The van der Waals surface area contributed by atoms with E-state index < -0.39 is 41.2 Å². The fraction of sp³-hybridized carbons (Fsp3) is 0.172. The van der Waals surface area contributed by atoms with Crippen LogP contribution in [0.1, 0.15) is 44.2 Å². The molecule has 11 heteroatoms. The number of carboxylic acid groups (broad SMARTS) is 1. The van der Waals surface area contributed by atoms with Crippen molar-refractivity contribution in [1.29, 1.82) is 0 Å². The van der Waals surface area contributed by atoms with Gasteiger partial charge >= 0.3 is 18.1 Å². The third-order valence-corrected chi connectivity index (χ3v) is 6.77. The Labute approximate surface area is 224 Å². The van der Waals surface area contributed by atoms with Crippen LogP contribution in [-0.4, -0.2) is 40.6 Å². The van der Waals surface area contributed by atoms with E-state index in [-0.39, 0.29) is 46.7 Å². The molecule has 0 aliphatic carbocycles. The molecular formula is C29H21F3N2O6. The number of halogens is 3. The van der Waals surface area contributed by atoms with Crippen molar-refractivity contribution in [1.82, 2.24) is 10.3 Å². The zero-order valence-electron chi connectivity index (χ0n) is 20.6. The summed E-state index contributed by atoms with van der Waals surface area (Å²) >= 11 is 0. The van der Waals surface area contributed by atoms with Gasteiger partial charge in [0, 0.05) is 16.6 Å². The largest absolute Gasteiger partial charge is 0.478 e. The van der Waals surface area contributed by atoms with Gasteiger partial charge in [-0.15, -0.1) is 0 Å². The molecule has 3 N–H and O–H groups in total. The van der Waals surface area contributed by atoms with Crippen molar-refractivity contribution >= 4 is 28.6 Å². The summed E-state index contributed by atoms with van der Waals surface area (Å²) in [6.45, 7) is -0.189. The minimum atomic E-state index is -4.60. The molecule has 40 heavy (non-hydrogen) atoms. The summed E-state index contributed by atoms with van der Waals surface area (Å²) in [5.41, 5.74) is -1.41. The van der Waals surface area contributed by atoms with Crippen LogP contribution in [0.4, 0.5) is 13.2 Å². The van der Waals surface area contributed by atoms with Crippen molar-refractivity contribution < 1.29 is 37.4 Å². The Kier molecular flexibility index (Phi) is 6.88. The zero-order chi connectivity index (χ0) is 28.6.